The molecule has 1 aromatic heterocycles. The molecule has 70 valence electrons. The van der Waals surface area contributed by atoms with Crippen molar-refractivity contribution in [3.8, 4) is 5.75 Å². The Labute approximate surface area is 75.5 Å². The van der Waals surface area contributed by atoms with Crippen LogP contribution >= 0.6 is 0 Å². The smallest absolute Gasteiger partial charge is 0.437 e. The van der Waals surface area contributed by atoms with Crippen LogP contribution < -0.4 is 10.5 Å². The van der Waals surface area contributed by atoms with Crippen LogP contribution in [0.15, 0.2) is 12.1 Å². The van der Waals surface area contributed by atoms with E-state index in [0.717, 1.165) is 5.69 Å². The first kappa shape index (κ1) is 9.31. The van der Waals surface area contributed by atoms with Crippen molar-refractivity contribution in [2.75, 3.05) is 12.8 Å². The SMILES string of the molecule is COC(=O)Oc1ccc(C)nc1N. The van der Waals surface area contributed by atoms with Crippen molar-refractivity contribution in [3.05, 3.63) is 17.8 Å². The number of carbonyl (C=O) groups excluding carboxylic acids is 1. The Kier molecular flexibility index (Phi) is 2.69. The molecule has 0 aliphatic rings. The van der Waals surface area contributed by atoms with E-state index in [4.69, 9.17) is 10.5 Å². The van der Waals surface area contributed by atoms with E-state index in [1.54, 1.807) is 19.1 Å². The van der Waals surface area contributed by atoms with Crippen LogP contribution in [0.2, 0.25) is 0 Å². The summed E-state index contributed by atoms with van der Waals surface area (Å²) in [7, 11) is 1.22. The number of carbonyl (C=O) groups is 1. The third-order valence-electron chi connectivity index (χ3n) is 1.39. The number of anilines is 1. The zero-order chi connectivity index (χ0) is 9.84. The number of hydrogen-bond acceptors (Lipinski definition) is 5. The molecule has 0 fully saturated rings. The Balaban J connectivity index is 2.83. The summed E-state index contributed by atoms with van der Waals surface area (Å²) in [6.07, 6.45) is -0.808. The van der Waals surface area contributed by atoms with Crippen LogP contribution in [0.1, 0.15) is 5.69 Å². The van der Waals surface area contributed by atoms with Crippen LogP contribution in [0.25, 0.3) is 0 Å². The Hall–Kier alpha value is -1.78. The predicted octanol–water partition coefficient (Wildman–Crippen LogP) is 1.12. The van der Waals surface area contributed by atoms with E-state index in [9.17, 15) is 4.79 Å². The van der Waals surface area contributed by atoms with Gasteiger partial charge in [-0.1, -0.05) is 0 Å². The van der Waals surface area contributed by atoms with Gasteiger partial charge in [0.25, 0.3) is 0 Å². The normalized spacial score (nSPS) is 9.38. The molecule has 1 aromatic rings. The summed E-state index contributed by atoms with van der Waals surface area (Å²) in [5.41, 5.74) is 6.24. The largest absolute Gasteiger partial charge is 0.513 e. The van der Waals surface area contributed by atoms with Crippen LogP contribution in [-0.2, 0) is 4.74 Å². The molecule has 0 saturated carbocycles. The van der Waals surface area contributed by atoms with E-state index in [-0.39, 0.29) is 11.6 Å². The summed E-state index contributed by atoms with van der Waals surface area (Å²) >= 11 is 0. The standard InChI is InChI=1S/C8H10N2O3/c1-5-3-4-6(7(9)10-5)13-8(11)12-2/h3-4H,1-2H3,(H2,9,10). The highest BCUT2D eigenvalue weighted by atomic mass is 16.7. The quantitative estimate of drug-likeness (QED) is 0.658. The van der Waals surface area contributed by atoms with Gasteiger partial charge in [0.2, 0.25) is 0 Å². The fraction of sp³-hybridized carbons (Fsp3) is 0.250. The number of methoxy groups -OCH3 is 1. The molecule has 5 heteroatoms. The average molecular weight is 182 g/mol. The fourth-order valence-electron chi connectivity index (χ4n) is 0.782. The zero-order valence-corrected chi connectivity index (χ0v) is 7.40. The molecule has 0 aromatic carbocycles. The topological polar surface area (TPSA) is 74.4 Å². The van der Waals surface area contributed by atoms with E-state index in [1.807, 2.05) is 0 Å². The first-order valence-corrected chi connectivity index (χ1v) is 3.62. The average Bonchev–Trinajstić information content (AvgIpc) is 2.09. The molecule has 0 aliphatic carbocycles. The van der Waals surface area contributed by atoms with E-state index >= 15 is 0 Å². The second-order valence-corrected chi connectivity index (χ2v) is 2.39. The van der Waals surface area contributed by atoms with Crippen molar-refractivity contribution in [1.29, 1.82) is 0 Å². The monoisotopic (exact) mass is 182 g/mol. The maximum absolute atomic E-state index is 10.7. The highest BCUT2D eigenvalue weighted by Crippen LogP contribution is 2.18. The van der Waals surface area contributed by atoms with Gasteiger partial charge in [0.15, 0.2) is 11.6 Å². The molecule has 0 saturated heterocycles. The first-order valence-electron chi connectivity index (χ1n) is 3.62. The van der Waals surface area contributed by atoms with Crippen LogP contribution in [0.4, 0.5) is 10.6 Å². The number of rotatable bonds is 1. The molecule has 0 atom stereocenters. The van der Waals surface area contributed by atoms with Gasteiger partial charge in [-0.05, 0) is 19.1 Å². The lowest BCUT2D eigenvalue weighted by molar-refractivity contribution is 0.121. The molecular formula is C8H10N2O3. The number of pyridine rings is 1. The lowest BCUT2D eigenvalue weighted by Gasteiger charge is -2.04. The minimum Gasteiger partial charge on any atom is -0.437 e. The molecule has 0 unspecified atom stereocenters. The molecule has 0 radical (unpaired) electrons. The molecular weight excluding hydrogens is 172 g/mol. The Morgan fingerprint density at radius 3 is 2.77 bits per heavy atom. The second kappa shape index (κ2) is 3.75. The molecule has 0 spiro atoms. The predicted molar refractivity (Wildman–Crippen MR) is 46.4 cm³/mol. The molecule has 0 bridgehead atoms. The van der Waals surface area contributed by atoms with E-state index in [1.165, 1.54) is 7.11 Å². The van der Waals surface area contributed by atoms with E-state index in [0.29, 0.717) is 0 Å². The van der Waals surface area contributed by atoms with Crippen LogP contribution in [0.3, 0.4) is 0 Å². The molecule has 0 amide bonds. The van der Waals surface area contributed by atoms with Gasteiger partial charge in [-0.2, -0.15) is 0 Å². The Morgan fingerprint density at radius 1 is 1.54 bits per heavy atom. The van der Waals surface area contributed by atoms with Gasteiger partial charge in [0.1, 0.15) is 0 Å². The Bertz CT molecular complexity index is 325. The van der Waals surface area contributed by atoms with Gasteiger partial charge in [0, 0.05) is 5.69 Å². The number of aromatic nitrogens is 1. The molecule has 0 aliphatic heterocycles. The van der Waals surface area contributed by atoms with Gasteiger partial charge in [-0.15, -0.1) is 0 Å². The van der Waals surface area contributed by atoms with Crippen molar-refractivity contribution in [1.82, 2.24) is 4.98 Å². The molecule has 2 N–H and O–H groups in total. The Morgan fingerprint density at radius 2 is 2.23 bits per heavy atom. The van der Waals surface area contributed by atoms with Crippen LogP contribution in [0, 0.1) is 6.92 Å². The summed E-state index contributed by atoms with van der Waals surface area (Å²) in [5.74, 6) is 0.378. The molecule has 13 heavy (non-hydrogen) atoms. The van der Waals surface area contributed by atoms with Gasteiger partial charge >= 0.3 is 6.16 Å². The zero-order valence-electron chi connectivity index (χ0n) is 7.40. The maximum Gasteiger partial charge on any atom is 0.513 e. The summed E-state index contributed by atoms with van der Waals surface area (Å²) < 4.78 is 9.00. The van der Waals surface area contributed by atoms with Crippen LogP contribution in [-0.4, -0.2) is 18.2 Å². The molecule has 5 nitrogen and oxygen atoms in total. The van der Waals surface area contributed by atoms with E-state index < -0.39 is 6.16 Å². The van der Waals surface area contributed by atoms with Crippen molar-refractivity contribution >= 4 is 12.0 Å². The lowest BCUT2D eigenvalue weighted by atomic mass is 10.3. The van der Waals surface area contributed by atoms with Gasteiger partial charge in [-0.25, -0.2) is 9.78 Å². The van der Waals surface area contributed by atoms with Crippen LogP contribution in [0.5, 0.6) is 5.75 Å². The van der Waals surface area contributed by atoms with Crippen molar-refractivity contribution in [2.45, 2.75) is 6.92 Å². The van der Waals surface area contributed by atoms with Gasteiger partial charge < -0.3 is 15.2 Å². The highest BCUT2D eigenvalue weighted by molar-refractivity contribution is 5.66. The lowest BCUT2D eigenvalue weighted by Crippen LogP contribution is -2.09. The number of aryl methyl sites for hydroxylation is 1. The minimum absolute atomic E-state index is 0.172. The van der Waals surface area contributed by atoms with Crippen molar-refractivity contribution < 1.29 is 14.3 Å². The fourth-order valence-corrected chi connectivity index (χ4v) is 0.782. The number of nitrogens with two attached hydrogens (primary N) is 1. The summed E-state index contributed by atoms with van der Waals surface area (Å²) in [6, 6.07) is 3.25. The summed E-state index contributed by atoms with van der Waals surface area (Å²) in [6.45, 7) is 1.79. The van der Waals surface area contributed by atoms with Gasteiger partial charge in [-0.3, -0.25) is 0 Å². The second-order valence-electron chi connectivity index (χ2n) is 2.39. The number of hydrogen-bond donors (Lipinski definition) is 1. The number of nitrogens with zero attached hydrogens (tertiary/aromatic N) is 1. The molecule has 1 rings (SSSR count). The van der Waals surface area contributed by atoms with E-state index in [2.05, 4.69) is 9.72 Å². The van der Waals surface area contributed by atoms with Crippen molar-refractivity contribution in [3.63, 3.8) is 0 Å². The first-order chi connectivity index (χ1) is 6.13. The number of nitrogen functional groups attached to an aromatic ring is 1. The van der Waals surface area contributed by atoms with Gasteiger partial charge in [0.05, 0.1) is 7.11 Å². The third-order valence-corrected chi connectivity index (χ3v) is 1.39. The maximum atomic E-state index is 10.7. The minimum atomic E-state index is -0.808. The third kappa shape index (κ3) is 2.33. The highest BCUT2D eigenvalue weighted by Gasteiger charge is 2.07. The van der Waals surface area contributed by atoms with Crippen molar-refractivity contribution in [2.24, 2.45) is 0 Å². The summed E-state index contributed by atoms with van der Waals surface area (Å²) in [4.78, 5) is 14.6. The summed E-state index contributed by atoms with van der Waals surface area (Å²) in [5, 5.41) is 0. The molecule has 1 heterocycles. The number of ether oxygens (including phenoxy) is 2.